The molecule has 1 aromatic rings. The number of carbonyl (C=O) groups is 1. The van der Waals surface area contributed by atoms with E-state index in [0.717, 1.165) is 0 Å². The van der Waals surface area contributed by atoms with Crippen molar-refractivity contribution in [2.24, 2.45) is 0 Å². The topological polar surface area (TPSA) is 60.2 Å². The predicted octanol–water partition coefficient (Wildman–Crippen LogP) is 2.53. The van der Waals surface area contributed by atoms with Gasteiger partial charge in [-0.3, -0.25) is 14.9 Å². The van der Waals surface area contributed by atoms with E-state index in [1.165, 1.54) is 12.1 Å². The van der Waals surface area contributed by atoms with Crippen molar-refractivity contribution < 1.29 is 9.72 Å². The predicted molar refractivity (Wildman–Crippen MR) is 56.1 cm³/mol. The van der Waals surface area contributed by atoms with Gasteiger partial charge in [0.25, 0.3) is 5.69 Å². The van der Waals surface area contributed by atoms with E-state index in [9.17, 15) is 14.9 Å². The highest BCUT2D eigenvalue weighted by atomic mass is 79.9. The summed E-state index contributed by atoms with van der Waals surface area (Å²) in [6.45, 7) is 0. The summed E-state index contributed by atoms with van der Waals surface area (Å²) in [6.07, 6.45) is 1.99. The van der Waals surface area contributed by atoms with Crippen molar-refractivity contribution in [3.63, 3.8) is 0 Å². The number of hydrogen-bond acceptors (Lipinski definition) is 3. The zero-order chi connectivity index (χ0) is 10.6. The number of halogens is 1. The molecule has 0 heterocycles. The van der Waals surface area contributed by atoms with Crippen molar-refractivity contribution in [1.82, 2.24) is 0 Å². The number of benzene rings is 1. The molecule has 0 amide bonds. The summed E-state index contributed by atoms with van der Waals surface area (Å²) in [6, 6.07) is 6.20. The molecule has 0 bridgehead atoms. The van der Waals surface area contributed by atoms with Gasteiger partial charge in [-0.2, -0.15) is 0 Å². The van der Waals surface area contributed by atoms with Crippen LogP contribution in [0, 0.1) is 10.1 Å². The Hall–Kier alpha value is -1.49. The van der Waals surface area contributed by atoms with E-state index >= 15 is 0 Å². The van der Waals surface area contributed by atoms with Crippen LogP contribution < -0.4 is 0 Å². The number of rotatable bonds is 3. The normalized spacial score (nSPS) is 11.1. The Bertz CT molecular complexity index is 401. The Morgan fingerprint density at radius 1 is 1.43 bits per heavy atom. The van der Waals surface area contributed by atoms with Gasteiger partial charge in [0.05, 0.1) is 15.0 Å². The fourth-order valence-electron chi connectivity index (χ4n) is 0.958. The molecular formula is C9H6BrNO3. The van der Waals surface area contributed by atoms with E-state index in [1.807, 2.05) is 0 Å². The van der Waals surface area contributed by atoms with E-state index in [0.29, 0.717) is 11.8 Å². The molecule has 4 nitrogen and oxygen atoms in total. The Labute approximate surface area is 88.5 Å². The van der Waals surface area contributed by atoms with Crippen molar-refractivity contribution in [2.45, 2.75) is 0 Å². The van der Waals surface area contributed by atoms with Crippen LogP contribution in [0.2, 0.25) is 0 Å². The van der Waals surface area contributed by atoms with Gasteiger partial charge in [0, 0.05) is 6.07 Å². The van der Waals surface area contributed by atoms with Crippen LogP contribution in [0.5, 0.6) is 0 Å². The minimum atomic E-state index is -0.489. The molecule has 0 saturated heterocycles. The minimum absolute atomic E-state index is 0.0219. The summed E-state index contributed by atoms with van der Waals surface area (Å²) >= 11 is 2.97. The van der Waals surface area contributed by atoms with Crippen LogP contribution in [0.15, 0.2) is 28.7 Å². The maximum Gasteiger partial charge on any atom is 0.276 e. The van der Waals surface area contributed by atoms with Gasteiger partial charge in [0.1, 0.15) is 0 Å². The van der Waals surface area contributed by atoms with E-state index < -0.39 is 4.92 Å². The zero-order valence-corrected chi connectivity index (χ0v) is 8.60. The van der Waals surface area contributed by atoms with E-state index in [1.54, 1.807) is 18.2 Å². The second-order valence-electron chi connectivity index (χ2n) is 2.46. The van der Waals surface area contributed by atoms with Crippen LogP contribution in [0.4, 0.5) is 5.69 Å². The second-order valence-corrected chi connectivity index (χ2v) is 3.38. The minimum Gasteiger partial charge on any atom is -0.297 e. The maximum atomic E-state index is 10.6. The highest BCUT2D eigenvalue weighted by molar-refractivity contribution is 9.12. The number of allylic oxidation sites excluding steroid dienone is 1. The van der Waals surface area contributed by atoms with Crippen molar-refractivity contribution in [2.75, 3.05) is 0 Å². The third kappa shape index (κ3) is 2.50. The Kier molecular flexibility index (Phi) is 3.53. The summed E-state index contributed by atoms with van der Waals surface area (Å²) in [7, 11) is 0. The monoisotopic (exact) mass is 255 g/mol. The highest BCUT2D eigenvalue weighted by Gasteiger charge is 2.09. The number of carbonyl (C=O) groups excluding carboxylic acids is 1. The van der Waals surface area contributed by atoms with Crippen molar-refractivity contribution in [3.05, 3.63) is 44.4 Å². The SMILES string of the molecule is O=C/C(Br)=C\c1ccccc1[N+](=O)[O-]. The Morgan fingerprint density at radius 2 is 2.07 bits per heavy atom. The molecule has 0 radical (unpaired) electrons. The third-order valence-corrected chi connectivity index (χ3v) is 1.96. The molecule has 0 aliphatic heterocycles. The number of nitro benzene ring substituents is 1. The first kappa shape index (κ1) is 10.6. The molecule has 0 spiro atoms. The fourth-order valence-corrected chi connectivity index (χ4v) is 1.21. The zero-order valence-electron chi connectivity index (χ0n) is 7.01. The first-order valence-electron chi connectivity index (χ1n) is 3.71. The quantitative estimate of drug-likeness (QED) is 0.361. The lowest BCUT2D eigenvalue weighted by atomic mass is 10.2. The number of nitro groups is 1. The summed E-state index contributed by atoms with van der Waals surface area (Å²) in [5, 5.41) is 10.6. The molecule has 0 N–H and O–H groups in total. The standard InChI is InChI=1S/C9H6BrNO3/c10-8(6-12)5-7-3-1-2-4-9(7)11(13)14/h1-6H/b8-5+. The highest BCUT2D eigenvalue weighted by Crippen LogP contribution is 2.21. The largest absolute Gasteiger partial charge is 0.297 e. The lowest BCUT2D eigenvalue weighted by molar-refractivity contribution is -0.385. The molecule has 14 heavy (non-hydrogen) atoms. The number of para-hydroxylation sites is 1. The molecular weight excluding hydrogens is 250 g/mol. The molecule has 0 saturated carbocycles. The van der Waals surface area contributed by atoms with E-state index in [-0.39, 0.29) is 10.2 Å². The van der Waals surface area contributed by atoms with Gasteiger partial charge in [-0.25, -0.2) is 0 Å². The fraction of sp³-hybridized carbons (Fsp3) is 0. The summed E-state index contributed by atoms with van der Waals surface area (Å²) in [5.41, 5.74) is 0.378. The van der Waals surface area contributed by atoms with E-state index in [2.05, 4.69) is 15.9 Å². The van der Waals surface area contributed by atoms with Gasteiger partial charge < -0.3 is 0 Å². The number of nitrogens with zero attached hydrogens (tertiary/aromatic N) is 1. The maximum absolute atomic E-state index is 10.6. The van der Waals surface area contributed by atoms with Crippen molar-refractivity contribution >= 4 is 34.0 Å². The van der Waals surface area contributed by atoms with E-state index in [4.69, 9.17) is 0 Å². The summed E-state index contributed by atoms with van der Waals surface area (Å²) < 4.78 is 0.270. The Morgan fingerprint density at radius 3 is 2.64 bits per heavy atom. The molecule has 0 aliphatic carbocycles. The average molecular weight is 256 g/mol. The van der Waals surface area contributed by atoms with Crippen LogP contribution in [-0.4, -0.2) is 11.2 Å². The molecule has 0 unspecified atom stereocenters. The van der Waals surface area contributed by atoms with Crippen LogP contribution in [0.1, 0.15) is 5.56 Å². The smallest absolute Gasteiger partial charge is 0.276 e. The Balaban J connectivity index is 3.20. The number of aldehydes is 1. The molecule has 0 aliphatic rings. The number of hydrogen-bond donors (Lipinski definition) is 0. The lowest BCUT2D eigenvalue weighted by Crippen LogP contribution is -1.90. The molecule has 5 heteroatoms. The lowest BCUT2D eigenvalue weighted by Gasteiger charge is -1.95. The van der Waals surface area contributed by atoms with Crippen LogP contribution in [0.25, 0.3) is 6.08 Å². The molecule has 0 aromatic heterocycles. The molecule has 0 atom stereocenters. The summed E-state index contributed by atoms with van der Waals surface area (Å²) in [5.74, 6) is 0. The molecule has 1 aromatic carbocycles. The third-order valence-electron chi connectivity index (χ3n) is 1.54. The molecule has 1 rings (SSSR count). The average Bonchev–Trinajstić information content (AvgIpc) is 2.18. The molecule has 72 valence electrons. The van der Waals surface area contributed by atoms with Gasteiger partial charge in [0.2, 0.25) is 0 Å². The van der Waals surface area contributed by atoms with Gasteiger partial charge >= 0.3 is 0 Å². The van der Waals surface area contributed by atoms with Crippen LogP contribution in [-0.2, 0) is 4.79 Å². The van der Waals surface area contributed by atoms with Crippen molar-refractivity contribution in [3.8, 4) is 0 Å². The van der Waals surface area contributed by atoms with Crippen molar-refractivity contribution in [1.29, 1.82) is 0 Å². The van der Waals surface area contributed by atoms with Crippen LogP contribution >= 0.6 is 15.9 Å². The summed E-state index contributed by atoms with van der Waals surface area (Å²) in [4.78, 5) is 20.4. The van der Waals surface area contributed by atoms with Gasteiger partial charge in [-0.15, -0.1) is 0 Å². The first-order valence-corrected chi connectivity index (χ1v) is 4.50. The second kappa shape index (κ2) is 4.66. The van der Waals surface area contributed by atoms with Crippen LogP contribution in [0.3, 0.4) is 0 Å². The van der Waals surface area contributed by atoms with Gasteiger partial charge in [0.15, 0.2) is 6.29 Å². The molecule has 0 fully saturated rings. The first-order chi connectivity index (χ1) is 6.65. The van der Waals surface area contributed by atoms with Gasteiger partial charge in [-0.05, 0) is 28.1 Å². The van der Waals surface area contributed by atoms with Gasteiger partial charge in [-0.1, -0.05) is 12.1 Å².